The van der Waals surface area contributed by atoms with Gasteiger partial charge in [-0.3, -0.25) is 4.79 Å². The Morgan fingerprint density at radius 3 is 1.57 bits per heavy atom. The van der Waals surface area contributed by atoms with Crippen molar-refractivity contribution in [1.82, 2.24) is 0 Å². The zero-order valence-electron chi connectivity index (χ0n) is 27.8. The van der Waals surface area contributed by atoms with E-state index in [1.807, 2.05) is 18.2 Å². The number of unbranched alkanes of at least 4 members (excludes halogenated alkanes) is 8. The molecule has 0 fully saturated rings. The topological polar surface area (TPSA) is 74.6 Å². The Bertz CT molecular complexity index is 929. The minimum atomic E-state index is -0.956. The van der Waals surface area contributed by atoms with Crippen molar-refractivity contribution in [1.29, 1.82) is 0 Å². The van der Waals surface area contributed by atoms with Gasteiger partial charge in [0, 0.05) is 6.08 Å². The molecule has 2 unspecified atom stereocenters. The van der Waals surface area contributed by atoms with E-state index in [-0.39, 0.29) is 11.8 Å². The molecule has 0 aromatic heterocycles. The van der Waals surface area contributed by atoms with Gasteiger partial charge in [-0.15, -0.1) is 0 Å². The largest absolute Gasteiger partial charge is 0.481 e. The van der Waals surface area contributed by atoms with Gasteiger partial charge < -0.3 is 10.2 Å². The molecule has 0 aliphatic rings. The minimum absolute atomic E-state index is 0.239. The molecule has 0 aromatic carbocycles. The summed E-state index contributed by atoms with van der Waals surface area (Å²) in [4.78, 5) is 22.7. The van der Waals surface area contributed by atoms with Crippen molar-refractivity contribution >= 4 is 11.9 Å². The Hall–Kier alpha value is -3.14. The first kappa shape index (κ1) is 40.9. The molecule has 0 aromatic rings. The first-order chi connectivity index (χ1) is 21.5. The van der Waals surface area contributed by atoms with Crippen molar-refractivity contribution in [2.75, 3.05) is 0 Å². The van der Waals surface area contributed by atoms with Crippen LogP contribution in [0.1, 0.15) is 129 Å². The molecule has 0 heterocycles. The fraction of sp³-hybridized carbons (Fsp3) is 0.550. The minimum Gasteiger partial charge on any atom is -0.481 e. The molecular weight excluding hydrogens is 544 g/mol. The molecule has 0 spiro atoms. The molecule has 4 heteroatoms. The number of carbonyl (C=O) groups is 2. The highest BCUT2D eigenvalue weighted by atomic mass is 16.4. The van der Waals surface area contributed by atoms with E-state index < -0.39 is 11.9 Å². The fourth-order valence-electron chi connectivity index (χ4n) is 5.02. The van der Waals surface area contributed by atoms with Crippen LogP contribution < -0.4 is 0 Å². The van der Waals surface area contributed by atoms with Crippen LogP contribution in [0.15, 0.2) is 97.2 Å². The van der Waals surface area contributed by atoms with Crippen LogP contribution in [0.25, 0.3) is 0 Å². The molecule has 0 bridgehead atoms. The van der Waals surface area contributed by atoms with Gasteiger partial charge in [0.25, 0.3) is 0 Å². The van der Waals surface area contributed by atoms with E-state index >= 15 is 0 Å². The van der Waals surface area contributed by atoms with Crippen LogP contribution in [0.5, 0.6) is 0 Å². The van der Waals surface area contributed by atoms with E-state index in [1.54, 1.807) is 12.2 Å². The highest BCUT2D eigenvalue weighted by Gasteiger charge is 2.26. The third-order valence-electron chi connectivity index (χ3n) is 7.54. The molecule has 0 saturated carbocycles. The summed E-state index contributed by atoms with van der Waals surface area (Å²) in [7, 11) is 0. The Morgan fingerprint density at radius 1 is 0.500 bits per heavy atom. The van der Waals surface area contributed by atoms with Crippen LogP contribution in [0.2, 0.25) is 0 Å². The number of aliphatic carboxylic acids is 2. The van der Waals surface area contributed by atoms with Crippen molar-refractivity contribution in [3.8, 4) is 0 Å². The third-order valence-corrected chi connectivity index (χ3v) is 7.54. The Morgan fingerprint density at radius 2 is 0.977 bits per heavy atom. The fourth-order valence-corrected chi connectivity index (χ4v) is 5.02. The van der Waals surface area contributed by atoms with E-state index in [4.69, 9.17) is 5.11 Å². The summed E-state index contributed by atoms with van der Waals surface area (Å²) in [5.41, 5.74) is 0. The summed E-state index contributed by atoms with van der Waals surface area (Å²) in [6, 6.07) is 0. The smallest absolute Gasteiger partial charge is 0.328 e. The molecule has 2 N–H and O–H groups in total. The van der Waals surface area contributed by atoms with Crippen LogP contribution in [0.4, 0.5) is 0 Å². The van der Waals surface area contributed by atoms with Gasteiger partial charge in [0.05, 0.1) is 5.92 Å². The van der Waals surface area contributed by atoms with Gasteiger partial charge in [-0.2, -0.15) is 0 Å². The van der Waals surface area contributed by atoms with Gasteiger partial charge in [0.1, 0.15) is 0 Å². The second kappa shape index (κ2) is 32.8. The summed E-state index contributed by atoms with van der Waals surface area (Å²) in [6.07, 6.45) is 50.9. The second-order valence-corrected chi connectivity index (χ2v) is 11.4. The lowest BCUT2D eigenvalue weighted by Crippen LogP contribution is -2.24. The summed E-state index contributed by atoms with van der Waals surface area (Å²) in [6.45, 7) is 4.44. The zero-order valence-corrected chi connectivity index (χ0v) is 27.8. The first-order valence-corrected chi connectivity index (χ1v) is 17.2. The van der Waals surface area contributed by atoms with Crippen LogP contribution in [-0.2, 0) is 9.59 Å². The molecule has 44 heavy (non-hydrogen) atoms. The van der Waals surface area contributed by atoms with Crippen LogP contribution in [0.3, 0.4) is 0 Å². The third kappa shape index (κ3) is 29.0. The molecule has 2 atom stereocenters. The maximum Gasteiger partial charge on any atom is 0.328 e. The maximum atomic E-state index is 12.3. The zero-order chi connectivity index (χ0) is 32.4. The van der Waals surface area contributed by atoms with Crippen molar-refractivity contribution in [2.45, 2.75) is 129 Å². The average Bonchev–Trinajstić information content (AvgIpc) is 3.00. The van der Waals surface area contributed by atoms with E-state index in [1.165, 1.54) is 51.0 Å². The molecule has 246 valence electrons. The average molecular weight is 607 g/mol. The number of carboxylic acid groups (broad SMARTS) is 2. The Kier molecular flexibility index (Phi) is 30.4. The summed E-state index contributed by atoms with van der Waals surface area (Å²) >= 11 is 0. The number of hydrogen-bond acceptors (Lipinski definition) is 2. The summed E-state index contributed by atoms with van der Waals surface area (Å²) in [5.74, 6) is -1.63. The number of hydrogen-bond donors (Lipinski definition) is 2. The molecule has 0 aliphatic heterocycles. The standard InChI is InChI=1S/C40H62O4/c1-3-5-7-9-10-11-12-13-14-15-16-17-21-24-27-31-35-38(40(43)44)37(33-29-8-6-4-2)34-30-26-23-20-18-19-22-25-28-32-36-39(41)42/h10-11,13-14,16-20,22,24-25,27-28,32,36-38H,3-9,12,15,21,23,26,29-31,33-35H2,1-2H3,(H,41,42)(H,43,44). The monoisotopic (exact) mass is 606 g/mol. The first-order valence-electron chi connectivity index (χ1n) is 17.2. The van der Waals surface area contributed by atoms with Gasteiger partial charge in [0.2, 0.25) is 0 Å². The normalized spacial score (nSPS) is 14.3. The van der Waals surface area contributed by atoms with E-state index in [2.05, 4.69) is 68.5 Å². The summed E-state index contributed by atoms with van der Waals surface area (Å²) < 4.78 is 0. The molecule has 0 saturated heterocycles. The molecule has 4 nitrogen and oxygen atoms in total. The van der Waals surface area contributed by atoms with Crippen molar-refractivity contribution < 1.29 is 19.8 Å². The molecular formula is C40H62O4. The van der Waals surface area contributed by atoms with Gasteiger partial charge in [-0.1, -0.05) is 150 Å². The number of rotatable bonds is 29. The Labute approximate surface area is 269 Å². The Balaban J connectivity index is 4.51. The maximum absolute atomic E-state index is 12.3. The van der Waals surface area contributed by atoms with E-state index in [0.29, 0.717) is 6.42 Å². The lowest BCUT2D eigenvalue weighted by molar-refractivity contribution is -0.144. The number of carboxylic acids is 2. The van der Waals surface area contributed by atoms with Gasteiger partial charge >= 0.3 is 11.9 Å². The predicted molar refractivity (Wildman–Crippen MR) is 190 cm³/mol. The SMILES string of the molecule is CCCCCC=CCC=CCC=CCC=CCCC(C(=O)O)C(CCCCC=CC=CC=CC=CC(=O)O)CCCCCC. The van der Waals surface area contributed by atoms with E-state index in [9.17, 15) is 14.7 Å². The molecule has 0 aliphatic carbocycles. The highest BCUT2D eigenvalue weighted by Crippen LogP contribution is 2.29. The van der Waals surface area contributed by atoms with Gasteiger partial charge in [-0.25, -0.2) is 4.79 Å². The van der Waals surface area contributed by atoms with E-state index in [0.717, 1.165) is 70.3 Å². The van der Waals surface area contributed by atoms with Crippen molar-refractivity contribution in [3.05, 3.63) is 97.2 Å². The highest BCUT2D eigenvalue weighted by molar-refractivity contribution is 5.80. The lowest BCUT2D eigenvalue weighted by atomic mass is 9.81. The molecule has 0 rings (SSSR count). The lowest BCUT2D eigenvalue weighted by Gasteiger charge is -2.24. The second-order valence-electron chi connectivity index (χ2n) is 11.4. The van der Waals surface area contributed by atoms with Crippen LogP contribution in [0, 0.1) is 11.8 Å². The van der Waals surface area contributed by atoms with Crippen LogP contribution in [-0.4, -0.2) is 22.2 Å². The quantitative estimate of drug-likeness (QED) is 0.0384. The summed E-state index contributed by atoms with van der Waals surface area (Å²) in [5, 5.41) is 18.6. The number of allylic oxidation sites excluding steroid dienone is 15. The van der Waals surface area contributed by atoms with Gasteiger partial charge in [0.15, 0.2) is 0 Å². The van der Waals surface area contributed by atoms with Crippen molar-refractivity contribution in [3.63, 3.8) is 0 Å². The molecule has 0 radical (unpaired) electrons. The van der Waals surface area contributed by atoms with Crippen molar-refractivity contribution in [2.24, 2.45) is 11.8 Å². The predicted octanol–water partition coefficient (Wildman–Crippen LogP) is 11.9. The molecule has 0 amide bonds. The van der Waals surface area contributed by atoms with Crippen LogP contribution >= 0.6 is 0 Å². The van der Waals surface area contributed by atoms with Gasteiger partial charge in [-0.05, 0) is 76.5 Å².